The normalized spacial score (nSPS) is 12.3. The van der Waals surface area contributed by atoms with Crippen molar-refractivity contribution in [3.8, 4) is 0 Å². The van der Waals surface area contributed by atoms with Gasteiger partial charge >= 0.3 is 6.09 Å². The van der Waals surface area contributed by atoms with Gasteiger partial charge in [0.25, 0.3) is 5.91 Å². The van der Waals surface area contributed by atoms with Crippen LogP contribution in [0.3, 0.4) is 0 Å². The van der Waals surface area contributed by atoms with Crippen molar-refractivity contribution in [3.63, 3.8) is 0 Å². The Labute approximate surface area is 176 Å². The van der Waals surface area contributed by atoms with E-state index in [2.05, 4.69) is 20.9 Å². The van der Waals surface area contributed by atoms with Crippen LogP contribution in [0.4, 0.5) is 15.6 Å². The van der Waals surface area contributed by atoms with E-state index in [4.69, 9.17) is 16.3 Å². The van der Waals surface area contributed by atoms with Crippen LogP contribution in [0.5, 0.6) is 0 Å². The number of thiazole rings is 1. The number of hydrogen-bond acceptors (Lipinski definition) is 6. The molecule has 0 saturated heterocycles. The molecule has 2 heterocycles. The fourth-order valence-electron chi connectivity index (χ4n) is 2.85. The zero-order chi connectivity index (χ0) is 20.2. The number of nitrogens with one attached hydrogen (secondary N) is 3. The monoisotopic (exact) mass is 428 g/mol. The van der Waals surface area contributed by atoms with Crippen LogP contribution in [0.1, 0.15) is 26.5 Å². The fraction of sp³-hybridized carbons (Fsp3) is 0.150. The Morgan fingerprint density at radius 2 is 1.97 bits per heavy atom. The molecule has 9 heteroatoms. The smallest absolute Gasteiger partial charge is 0.411 e. The minimum Gasteiger partial charge on any atom is -0.444 e. The highest BCUT2D eigenvalue weighted by Gasteiger charge is 2.18. The number of halogens is 1. The summed E-state index contributed by atoms with van der Waals surface area (Å²) in [7, 11) is 0. The first-order chi connectivity index (χ1) is 14.1. The van der Waals surface area contributed by atoms with E-state index in [1.807, 2.05) is 30.3 Å². The lowest BCUT2D eigenvalue weighted by molar-refractivity contribution is 0.102. The molecule has 29 heavy (non-hydrogen) atoms. The number of nitrogens with zero attached hydrogens (tertiary/aromatic N) is 1. The number of carbonyl (C=O) groups excluding carboxylic acids is 2. The fourth-order valence-corrected chi connectivity index (χ4v) is 4.02. The molecule has 4 rings (SSSR count). The molecule has 1 aromatic heterocycles. The first kappa shape index (κ1) is 19.4. The Morgan fingerprint density at radius 1 is 1.14 bits per heavy atom. The Morgan fingerprint density at radius 3 is 2.76 bits per heavy atom. The van der Waals surface area contributed by atoms with Gasteiger partial charge in [0.05, 0.1) is 5.69 Å². The van der Waals surface area contributed by atoms with Crippen LogP contribution in [0.15, 0.2) is 48.5 Å². The van der Waals surface area contributed by atoms with Crippen molar-refractivity contribution in [3.05, 3.63) is 75.3 Å². The molecule has 1 aliphatic rings. The largest absolute Gasteiger partial charge is 0.444 e. The Balaban J connectivity index is 1.39. The molecule has 0 radical (unpaired) electrons. The van der Waals surface area contributed by atoms with Crippen LogP contribution >= 0.6 is 22.9 Å². The number of aromatic nitrogens is 1. The number of ether oxygens (including phenoxy) is 1. The van der Waals surface area contributed by atoms with E-state index in [1.54, 1.807) is 6.07 Å². The summed E-state index contributed by atoms with van der Waals surface area (Å²) in [5, 5.41) is 9.44. The second-order valence-electron chi connectivity index (χ2n) is 6.36. The van der Waals surface area contributed by atoms with Crippen LogP contribution in [0.25, 0.3) is 0 Å². The van der Waals surface area contributed by atoms with Crippen molar-refractivity contribution in [2.24, 2.45) is 0 Å². The molecular formula is C20H17ClN4O3S. The van der Waals surface area contributed by atoms with Gasteiger partial charge in [-0.05, 0) is 23.8 Å². The van der Waals surface area contributed by atoms with E-state index in [1.165, 1.54) is 23.5 Å². The first-order valence-electron chi connectivity index (χ1n) is 8.86. The second kappa shape index (κ2) is 8.60. The molecule has 0 bridgehead atoms. The molecule has 148 valence electrons. The first-order valence-corrected chi connectivity index (χ1v) is 10.1. The van der Waals surface area contributed by atoms with Gasteiger partial charge in [-0.3, -0.25) is 15.4 Å². The number of carbonyl (C=O) groups is 2. The number of fused-ring (bicyclic) bond motifs is 1. The summed E-state index contributed by atoms with van der Waals surface area (Å²) in [6.07, 6.45) is -0.633. The molecule has 3 N–H and O–H groups in total. The van der Waals surface area contributed by atoms with Crippen molar-refractivity contribution in [2.45, 2.75) is 19.7 Å². The summed E-state index contributed by atoms with van der Waals surface area (Å²) < 4.78 is 5.19. The maximum Gasteiger partial charge on any atom is 0.411 e. The van der Waals surface area contributed by atoms with E-state index in [-0.39, 0.29) is 12.5 Å². The summed E-state index contributed by atoms with van der Waals surface area (Å²) in [6.45, 7) is 1.61. The molecule has 2 amide bonds. The minimum absolute atomic E-state index is 0.143. The number of hydrogen-bond donors (Lipinski definition) is 3. The van der Waals surface area contributed by atoms with Gasteiger partial charge < -0.3 is 10.1 Å². The van der Waals surface area contributed by atoms with Gasteiger partial charge in [0.15, 0.2) is 5.13 Å². The molecule has 7 nitrogen and oxygen atoms in total. The average molecular weight is 429 g/mol. The third kappa shape index (κ3) is 4.92. The van der Waals surface area contributed by atoms with Crippen molar-refractivity contribution in [2.75, 3.05) is 10.6 Å². The highest BCUT2D eigenvalue weighted by molar-refractivity contribution is 7.15. The van der Waals surface area contributed by atoms with Crippen LogP contribution in [0, 0.1) is 0 Å². The Bertz CT molecular complexity index is 1030. The van der Waals surface area contributed by atoms with Gasteiger partial charge in [-0.15, -0.1) is 11.3 Å². The maximum absolute atomic E-state index is 12.6. The summed E-state index contributed by atoms with van der Waals surface area (Å²) >= 11 is 7.56. The number of amides is 2. The third-order valence-electron chi connectivity index (χ3n) is 4.20. The molecule has 0 atom stereocenters. The lowest BCUT2D eigenvalue weighted by Crippen LogP contribution is -2.15. The quantitative estimate of drug-likeness (QED) is 0.560. The Hall–Kier alpha value is -2.94. The lowest BCUT2D eigenvalue weighted by atomic mass is 10.2. The highest BCUT2D eigenvalue weighted by Crippen LogP contribution is 2.27. The van der Waals surface area contributed by atoms with E-state index < -0.39 is 6.09 Å². The van der Waals surface area contributed by atoms with Crippen molar-refractivity contribution in [1.29, 1.82) is 0 Å². The van der Waals surface area contributed by atoms with Crippen molar-refractivity contribution < 1.29 is 14.3 Å². The van der Waals surface area contributed by atoms with Gasteiger partial charge in [0.1, 0.15) is 6.61 Å². The summed E-state index contributed by atoms with van der Waals surface area (Å²) in [5.74, 6) is -0.353. The molecule has 3 aromatic rings. The van der Waals surface area contributed by atoms with Crippen molar-refractivity contribution in [1.82, 2.24) is 10.3 Å². The summed E-state index contributed by atoms with van der Waals surface area (Å²) in [6, 6.07) is 14.0. The average Bonchev–Trinajstić information content (AvgIpc) is 3.28. The standard InChI is InChI=1S/C20H17ClN4O3S/c21-14-6-13(18(26)25-19-24-16-9-22-10-17(16)29-19)7-15(8-14)23-20(27)28-11-12-4-2-1-3-5-12/h1-8,22H,9-11H2,(H,23,27)(H,24,25,26). The van der Waals surface area contributed by atoms with E-state index in [0.717, 1.165) is 22.7 Å². The van der Waals surface area contributed by atoms with Gasteiger partial charge in [-0.1, -0.05) is 41.9 Å². The number of benzene rings is 2. The predicted molar refractivity (Wildman–Crippen MR) is 112 cm³/mol. The zero-order valence-corrected chi connectivity index (χ0v) is 16.8. The Kier molecular flexibility index (Phi) is 5.75. The topological polar surface area (TPSA) is 92.4 Å². The van der Waals surface area contributed by atoms with Gasteiger partial charge in [0, 0.05) is 34.2 Å². The summed E-state index contributed by atoms with van der Waals surface area (Å²) in [4.78, 5) is 30.2. The molecule has 2 aromatic carbocycles. The van der Waals surface area contributed by atoms with Crippen LogP contribution in [-0.4, -0.2) is 17.0 Å². The number of rotatable bonds is 5. The van der Waals surface area contributed by atoms with E-state index in [9.17, 15) is 9.59 Å². The van der Waals surface area contributed by atoms with Crippen molar-refractivity contribution >= 4 is 45.8 Å². The molecular weight excluding hydrogens is 412 g/mol. The molecule has 0 aliphatic carbocycles. The van der Waals surface area contributed by atoms with E-state index in [0.29, 0.717) is 27.9 Å². The summed E-state index contributed by atoms with van der Waals surface area (Å²) in [5.41, 5.74) is 2.51. The number of anilines is 2. The highest BCUT2D eigenvalue weighted by atomic mass is 35.5. The molecule has 0 fully saturated rings. The predicted octanol–water partition coefficient (Wildman–Crippen LogP) is 4.40. The van der Waals surface area contributed by atoms with Crippen LogP contribution < -0.4 is 16.0 Å². The lowest BCUT2D eigenvalue weighted by Gasteiger charge is -2.09. The zero-order valence-electron chi connectivity index (χ0n) is 15.2. The molecule has 1 aliphatic heterocycles. The molecule has 0 saturated carbocycles. The van der Waals surface area contributed by atoms with Gasteiger partial charge in [0.2, 0.25) is 0 Å². The molecule has 0 unspecified atom stereocenters. The molecule has 0 spiro atoms. The second-order valence-corrected chi connectivity index (χ2v) is 7.88. The minimum atomic E-state index is -0.633. The van der Waals surface area contributed by atoms with Crippen LogP contribution in [0.2, 0.25) is 5.02 Å². The van der Waals surface area contributed by atoms with Gasteiger partial charge in [-0.25, -0.2) is 9.78 Å². The van der Waals surface area contributed by atoms with Gasteiger partial charge in [-0.2, -0.15) is 0 Å². The SMILES string of the molecule is O=C(Nc1cc(Cl)cc(C(=O)Nc2nc3c(s2)CNC3)c1)OCc1ccccc1. The maximum atomic E-state index is 12.6. The van der Waals surface area contributed by atoms with E-state index >= 15 is 0 Å². The third-order valence-corrected chi connectivity index (χ3v) is 5.43. The van der Waals surface area contributed by atoms with Crippen LogP contribution in [-0.2, 0) is 24.4 Å².